The Morgan fingerprint density at radius 2 is 1.42 bits per heavy atom. The Morgan fingerprint density at radius 3 is 2.32 bits per heavy atom. The molecule has 0 saturated heterocycles. The lowest BCUT2D eigenvalue weighted by Gasteiger charge is -2.39. The zero-order chi connectivity index (χ0) is 25.0. The van der Waals surface area contributed by atoms with Crippen LogP contribution in [0, 0.1) is 0 Å². The van der Waals surface area contributed by atoms with Crippen LogP contribution in [0.3, 0.4) is 0 Å². The minimum Gasteiger partial charge on any atom is -0.456 e. The molecule has 178 valence electrons. The first-order valence-corrected chi connectivity index (χ1v) is 14.0. The molecule has 1 unspecified atom stereocenters. The van der Waals surface area contributed by atoms with E-state index in [1.807, 2.05) is 23.5 Å². The summed E-state index contributed by atoms with van der Waals surface area (Å²) in [6.07, 6.45) is 0. The van der Waals surface area contributed by atoms with Crippen molar-refractivity contribution >= 4 is 53.9 Å². The summed E-state index contributed by atoms with van der Waals surface area (Å²) in [6.45, 7) is 0. The van der Waals surface area contributed by atoms with Crippen LogP contribution in [-0.4, -0.2) is 0 Å². The Labute approximate surface area is 228 Å². The second-order valence-corrected chi connectivity index (χ2v) is 11.7. The van der Waals surface area contributed by atoms with E-state index >= 15 is 0 Å². The van der Waals surface area contributed by atoms with E-state index < -0.39 is 5.41 Å². The van der Waals surface area contributed by atoms with Crippen LogP contribution in [0.1, 0.15) is 22.3 Å². The topological polar surface area (TPSA) is 9.23 Å². The zero-order valence-electron chi connectivity index (χ0n) is 20.2. The molecule has 1 atom stereocenters. The Kier molecular flexibility index (Phi) is 3.99. The van der Waals surface area contributed by atoms with Gasteiger partial charge >= 0.3 is 0 Å². The minimum atomic E-state index is -0.492. The Bertz CT molecular complexity index is 2120. The van der Waals surface area contributed by atoms with Crippen molar-refractivity contribution in [1.82, 2.24) is 0 Å². The number of rotatable bonds is 1. The van der Waals surface area contributed by atoms with Gasteiger partial charge in [-0.1, -0.05) is 96.5 Å². The van der Waals surface area contributed by atoms with Gasteiger partial charge in [-0.3, -0.25) is 0 Å². The van der Waals surface area contributed by atoms with Crippen LogP contribution in [0.25, 0.3) is 42.1 Å². The van der Waals surface area contributed by atoms with E-state index in [1.165, 1.54) is 64.3 Å². The average molecular weight is 523 g/mol. The lowest BCUT2D eigenvalue weighted by Crippen LogP contribution is -2.32. The second kappa shape index (κ2) is 7.26. The number of para-hydroxylation sites is 1. The molecule has 0 fully saturated rings. The maximum atomic E-state index is 6.97. The van der Waals surface area contributed by atoms with Crippen LogP contribution in [0.4, 0.5) is 0 Å². The van der Waals surface area contributed by atoms with Crippen LogP contribution in [-0.2, 0) is 5.41 Å². The van der Waals surface area contributed by atoms with Crippen molar-refractivity contribution in [3.05, 3.63) is 143 Å². The highest BCUT2D eigenvalue weighted by Gasteiger charge is 2.52. The predicted molar refractivity (Wildman–Crippen MR) is 159 cm³/mol. The molecule has 1 aliphatic heterocycles. The summed E-state index contributed by atoms with van der Waals surface area (Å²) in [5, 5.41) is 5.72. The fourth-order valence-electron chi connectivity index (χ4n) is 6.91. The van der Waals surface area contributed by atoms with Crippen LogP contribution in [0.15, 0.2) is 115 Å². The number of thiophene rings is 1. The third-order valence-corrected chi connectivity index (χ3v) is 9.84. The maximum Gasteiger partial charge on any atom is 0.142 e. The maximum absolute atomic E-state index is 6.97. The SMILES string of the molecule is Clc1ccc(C23c4ccccc4Oc4c2c(cc2ccc5c6ccccc6sc5c42)-c2ccccc23)cc1. The molecule has 0 N–H and O–H groups in total. The first-order chi connectivity index (χ1) is 18.7. The quantitative estimate of drug-likeness (QED) is 0.208. The lowest BCUT2D eigenvalue weighted by molar-refractivity contribution is 0.443. The number of fused-ring (bicyclic) bond motifs is 11. The highest BCUT2D eigenvalue weighted by atomic mass is 35.5. The molecule has 7 aromatic rings. The molecule has 38 heavy (non-hydrogen) atoms. The normalized spacial score (nSPS) is 16.9. The van der Waals surface area contributed by atoms with E-state index in [9.17, 15) is 0 Å². The number of hydrogen-bond donors (Lipinski definition) is 0. The van der Waals surface area contributed by atoms with Crippen molar-refractivity contribution in [2.75, 3.05) is 0 Å². The Morgan fingerprint density at radius 1 is 0.658 bits per heavy atom. The summed E-state index contributed by atoms with van der Waals surface area (Å²) >= 11 is 8.27. The van der Waals surface area contributed by atoms with Gasteiger partial charge in [0.15, 0.2) is 0 Å². The molecule has 1 aliphatic carbocycles. The van der Waals surface area contributed by atoms with Crippen LogP contribution >= 0.6 is 22.9 Å². The molecule has 3 heteroatoms. The van der Waals surface area contributed by atoms with Gasteiger partial charge in [0.1, 0.15) is 11.5 Å². The fourth-order valence-corrected chi connectivity index (χ4v) is 8.29. The molecule has 1 nitrogen and oxygen atoms in total. The second-order valence-electron chi connectivity index (χ2n) is 10.2. The molecular weight excluding hydrogens is 504 g/mol. The van der Waals surface area contributed by atoms with Gasteiger partial charge in [0.05, 0.1) is 5.41 Å². The molecule has 1 aromatic heterocycles. The summed E-state index contributed by atoms with van der Waals surface area (Å²) in [7, 11) is 0. The zero-order valence-corrected chi connectivity index (χ0v) is 21.7. The molecular formula is C35H19ClOS. The highest BCUT2D eigenvalue weighted by Crippen LogP contribution is 2.65. The van der Waals surface area contributed by atoms with Crippen molar-refractivity contribution < 1.29 is 4.74 Å². The van der Waals surface area contributed by atoms with Crippen molar-refractivity contribution in [3.8, 4) is 22.6 Å². The van der Waals surface area contributed by atoms with Gasteiger partial charge in [0.25, 0.3) is 0 Å². The van der Waals surface area contributed by atoms with E-state index in [4.69, 9.17) is 16.3 Å². The van der Waals surface area contributed by atoms with E-state index in [-0.39, 0.29) is 0 Å². The minimum absolute atomic E-state index is 0.492. The molecule has 0 bridgehead atoms. The number of halogens is 1. The van der Waals surface area contributed by atoms with E-state index in [0.29, 0.717) is 0 Å². The molecule has 2 aliphatic rings. The number of hydrogen-bond acceptors (Lipinski definition) is 2. The van der Waals surface area contributed by atoms with Gasteiger partial charge in [-0.15, -0.1) is 11.3 Å². The van der Waals surface area contributed by atoms with Crippen molar-refractivity contribution in [1.29, 1.82) is 0 Å². The molecule has 0 saturated carbocycles. The summed E-state index contributed by atoms with van der Waals surface area (Å²) in [4.78, 5) is 0. The van der Waals surface area contributed by atoms with Crippen LogP contribution in [0.5, 0.6) is 11.5 Å². The summed E-state index contributed by atoms with van der Waals surface area (Å²) in [5.41, 5.74) is 6.91. The molecule has 9 rings (SSSR count). The monoisotopic (exact) mass is 522 g/mol. The summed E-state index contributed by atoms with van der Waals surface area (Å²) in [6, 6.07) is 41.4. The van der Waals surface area contributed by atoms with Crippen molar-refractivity contribution in [3.63, 3.8) is 0 Å². The largest absolute Gasteiger partial charge is 0.456 e. The summed E-state index contributed by atoms with van der Waals surface area (Å²) < 4.78 is 9.55. The van der Waals surface area contributed by atoms with Crippen LogP contribution < -0.4 is 4.74 Å². The molecule has 2 heterocycles. The number of benzene rings is 6. The summed E-state index contributed by atoms with van der Waals surface area (Å²) in [5.74, 6) is 1.88. The Hall–Kier alpha value is -4.11. The molecule has 6 aromatic carbocycles. The average Bonchev–Trinajstić information content (AvgIpc) is 3.48. The smallest absolute Gasteiger partial charge is 0.142 e. The fraction of sp³-hybridized carbons (Fsp3) is 0.0286. The standard InChI is InChI=1S/C35H19ClOS/c36-22-16-14-21(15-17-22)35-27-9-3-1-7-23(27)26-19-20-13-18-25-24-8-2-6-12-30(24)38-34(25)31(20)33(32(26)35)37-29-11-5-4-10-28(29)35/h1-19H. The Balaban J connectivity index is 1.54. The van der Waals surface area contributed by atoms with E-state index in [2.05, 4.69) is 103 Å². The first kappa shape index (κ1) is 20.9. The third kappa shape index (κ3) is 2.43. The van der Waals surface area contributed by atoms with Crippen molar-refractivity contribution in [2.45, 2.75) is 5.41 Å². The number of ether oxygens (including phenoxy) is 1. The van der Waals surface area contributed by atoms with Gasteiger partial charge in [-0.25, -0.2) is 0 Å². The molecule has 0 amide bonds. The first-order valence-electron chi connectivity index (χ1n) is 12.8. The van der Waals surface area contributed by atoms with Gasteiger partial charge < -0.3 is 4.74 Å². The van der Waals surface area contributed by atoms with Gasteiger partial charge in [0, 0.05) is 41.7 Å². The third-order valence-electron chi connectivity index (χ3n) is 8.38. The van der Waals surface area contributed by atoms with E-state index in [1.54, 1.807) is 0 Å². The highest BCUT2D eigenvalue weighted by molar-refractivity contribution is 7.26. The molecule has 0 radical (unpaired) electrons. The van der Waals surface area contributed by atoms with Gasteiger partial charge in [-0.05, 0) is 58.0 Å². The predicted octanol–water partition coefficient (Wildman–Crippen LogP) is 10.3. The molecule has 0 spiro atoms. The van der Waals surface area contributed by atoms with Crippen molar-refractivity contribution in [2.24, 2.45) is 0 Å². The van der Waals surface area contributed by atoms with Gasteiger partial charge in [-0.2, -0.15) is 0 Å². The van der Waals surface area contributed by atoms with Crippen LogP contribution in [0.2, 0.25) is 5.02 Å². The lowest BCUT2D eigenvalue weighted by atomic mass is 9.66. The van der Waals surface area contributed by atoms with E-state index in [0.717, 1.165) is 16.5 Å². The van der Waals surface area contributed by atoms with Gasteiger partial charge in [0.2, 0.25) is 0 Å².